The number of benzene rings is 2. The number of methoxy groups -OCH3 is 1. The molecule has 0 bridgehead atoms. The third-order valence-corrected chi connectivity index (χ3v) is 5.18. The molecule has 1 fully saturated rings. The van der Waals surface area contributed by atoms with Gasteiger partial charge in [-0.1, -0.05) is 29.8 Å². The summed E-state index contributed by atoms with van der Waals surface area (Å²) in [6, 6.07) is 16.2. The Morgan fingerprint density at radius 1 is 1.04 bits per heavy atom. The van der Waals surface area contributed by atoms with E-state index in [-0.39, 0.29) is 0 Å². The molecule has 1 aromatic heterocycles. The zero-order valence-electron chi connectivity index (χ0n) is 15.4. The summed E-state index contributed by atoms with van der Waals surface area (Å²) in [6.45, 7) is 4.87. The molecule has 0 saturated carbocycles. The molecule has 1 aliphatic heterocycles. The van der Waals surface area contributed by atoms with Gasteiger partial charge in [0.1, 0.15) is 5.75 Å². The van der Waals surface area contributed by atoms with E-state index in [1.807, 2.05) is 42.7 Å². The zero-order valence-corrected chi connectivity index (χ0v) is 16.1. The number of aromatic nitrogens is 2. The van der Waals surface area contributed by atoms with E-state index in [1.165, 1.54) is 5.56 Å². The Bertz CT molecular complexity index is 885. The van der Waals surface area contributed by atoms with E-state index in [9.17, 15) is 0 Å². The standard InChI is InChI=1S/C21H23ClN4O/c1-27-20-4-2-3-19(15-20)26-10-9-23-21(26)25-13-11-24(12-14-25)16-17-5-7-18(22)8-6-17/h2-10,15H,11-14,16H2,1H3. The summed E-state index contributed by atoms with van der Waals surface area (Å²) in [5.41, 5.74) is 2.36. The molecular formula is C21H23ClN4O. The molecule has 0 amide bonds. The van der Waals surface area contributed by atoms with Gasteiger partial charge in [-0.15, -0.1) is 0 Å². The smallest absolute Gasteiger partial charge is 0.210 e. The fraction of sp³-hybridized carbons (Fsp3) is 0.286. The fourth-order valence-electron chi connectivity index (χ4n) is 3.45. The largest absolute Gasteiger partial charge is 0.497 e. The summed E-state index contributed by atoms with van der Waals surface area (Å²) in [5, 5.41) is 0.785. The summed E-state index contributed by atoms with van der Waals surface area (Å²) >= 11 is 5.98. The van der Waals surface area contributed by atoms with E-state index in [2.05, 4.69) is 37.5 Å². The second kappa shape index (κ2) is 8.03. The van der Waals surface area contributed by atoms with E-state index >= 15 is 0 Å². The van der Waals surface area contributed by atoms with Crippen LogP contribution in [0.4, 0.5) is 5.95 Å². The molecular weight excluding hydrogens is 360 g/mol. The molecule has 3 aromatic rings. The van der Waals surface area contributed by atoms with Gasteiger partial charge in [-0.3, -0.25) is 9.47 Å². The van der Waals surface area contributed by atoms with Gasteiger partial charge in [-0.05, 0) is 29.8 Å². The van der Waals surface area contributed by atoms with E-state index in [1.54, 1.807) is 7.11 Å². The van der Waals surface area contributed by atoms with Crippen LogP contribution in [0.3, 0.4) is 0 Å². The number of rotatable bonds is 5. The highest BCUT2D eigenvalue weighted by Gasteiger charge is 2.21. The van der Waals surface area contributed by atoms with E-state index < -0.39 is 0 Å². The minimum absolute atomic E-state index is 0.785. The molecule has 5 nitrogen and oxygen atoms in total. The number of nitrogens with zero attached hydrogens (tertiary/aromatic N) is 4. The summed E-state index contributed by atoms with van der Waals surface area (Å²) in [4.78, 5) is 9.42. The van der Waals surface area contributed by atoms with E-state index in [0.717, 1.165) is 55.1 Å². The molecule has 2 heterocycles. The van der Waals surface area contributed by atoms with Crippen LogP contribution in [0, 0.1) is 0 Å². The van der Waals surface area contributed by atoms with Crippen molar-refractivity contribution in [2.45, 2.75) is 6.54 Å². The number of ether oxygens (including phenoxy) is 1. The molecule has 27 heavy (non-hydrogen) atoms. The maximum Gasteiger partial charge on any atom is 0.210 e. The molecule has 0 unspecified atom stereocenters. The Kier molecular flexibility index (Phi) is 5.32. The van der Waals surface area contributed by atoms with Crippen LogP contribution in [0.1, 0.15) is 5.56 Å². The first-order chi connectivity index (χ1) is 13.2. The lowest BCUT2D eigenvalue weighted by Crippen LogP contribution is -2.46. The van der Waals surface area contributed by atoms with Crippen LogP contribution in [-0.4, -0.2) is 47.7 Å². The number of halogens is 1. The van der Waals surface area contributed by atoms with Crippen molar-refractivity contribution in [2.75, 3.05) is 38.2 Å². The van der Waals surface area contributed by atoms with Crippen molar-refractivity contribution >= 4 is 17.5 Å². The van der Waals surface area contributed by atoms with Gasteiger partial charge >= 0.3 is 0 Å². The number of anilines is 1. The SMILES string of the molecule is COc1cccc(-n2ccnc2N2CCN(Cc3ccc(Cl)cc3)CC2)c1. The van der Waals surface area contributed by atoms with Gasteiger partial charge in [0.25, 0.3) is 0 Å². The Labute approximate surface area is 164 Å². The molecule has 0 atom stereocenters. The third-order valence-electron chi connectivity index (χ3n) is 4.93. The van der Waals surface area contributed by atoms with Crippen LogP contribution in [0.2, 0.25) is 5.02 Å². The summed E-state index contributed by atoms with van der Waals surface area (Å²) < 4.78 is 7.48. The highest BCUT2D eigenvalue weighted by molar-refractivity contribution is 6.30. The lowest BCUT2D eigenvalue weighted by atomic mass is 10.2. The Morgan fingerprint density at radius 3 is 2.56 bits per heavy atom. The number of hydrogen-bond acceptors (Lipinski definition) is 4. The first-order valence-electron chi connectivity index (χ1n) is 9.12. The van der Waals surface area contributed by atoms with Crippen molar-refractivity contribution in [3.8, 4) is 11.4 Å². The molecule has 0 N–H and O–H groups in total. The number of imidazole rings is 1. The van der Waals surface area contributed by atoms with Gasteiger partial charge in [0.2, 0.25) is 5.95 Å². The molecule has 0 radical (unpaired) electrons. The van der Waals surface area contributed by atoms with Crippen molar-refractivity contribution in [1.82, 2.24) is 14.5 Å². The molecule has 6 heteroatoms. The van der Waals surface area contributed by atoms with Crippen molar-refractivity contribution < 1.29 is 4.74 Å². The molecule has 1 aliphatic rings. The van der Waals surface area contributed by atoms with Gasteiger partial charge in [0.15, 0.2) is 0 Å². The fourth-order valence-corrected chi connectivity index (χ4v) is 3.57. The first kappa shape index (κ1) is 17.9. The maximum absolute atomic E-state index is 5.98. The van der Waals surface area contributed by atoms with Crippen LogP contribution in [0.15, 0.2) is 60.9 Å². The summed E-state index contributed by atoms with van der Waals surface area (Å²) in [7, 11) is 1.69. The van der Waals surface area contributed by atoms with Crippen molar-refractivity contribution in [2.24, 2.45) is 0 Å². The predicted octanol–water partition coefficient (Wildman–Crippen LogP) is 3.86. The number of piperazine rings is 1. The van der Waals surface area contributed by atoms with Crippen molar-refractivity contribution in [3.63, 3.8) is 0 Å². The second-order valence-corrected chi connectivity index (χ2v) is 7.12. The van der Waals surface area contributed by atoms with E-state index in [4.69, 9.17) is 16.3 Å². The van der Waals surface area contributed by atoms with Gasteiger partial charge in [0, 0.05) is 56.2 Å². The third kappa shape index (κ3) is 4.10. The van der Waals surface area contributed by atoms with Crippen LogP contribution in [0.25, 0.3) is 5.69 Å². The van der Waals surface area contributed by atoms with Gasteiger partial charge in [0.05, 0.1) is 12.8 Å². The second-order valence-electron chi connectivity index (χ2n) is 6.69. The Hall–Kier alpha value is -2.50. The highest BCUT2D eigenvalue weighted by atomic mass is 35.5. The first-order valence-corrected chi connectivity index (χ1v) is 9.50. The van der Waals surface area contributed by atoms with Crippen molar-refractivity contribution in [1.29, 1.82) is 0 Å². The van der Waals surface area contributed by atoms with Gasteiger partial charge in [-0.25, -0.2) is 4.98 Å². The quantitative estimate of drug-likeness (QED) is 0.671. The van der Waals surface area contributed by atoms with Crippen LogP contribution in [-0.2, 0) is 6.54 Å². The maximum atomic E-state index is 5.98. The van der Waals surface area contributed by atoms with Crippen LogP contribution in [0.5, 0.6) is 5.75 Å². The van der Waals surface area contributed by atoms with Gasteiger partial charge in [-0.2, -0.15) is 0 Å². The molecule has 1 saturated heterocycles. The minimum Gasteiger partial charge on any atom is -0.497 e. The minimum atomic E-state index is 0.785. The Morgan fingerprint density at radius 2 is 1.81 bits per heavy atom. The average Bonchev–Trinajstić information content (AvgIpc) is 3.20. The van der Waals surface area contributed by atoms with Crippen LogP contribution < -0.4 is 9.64 Å². The van der Waals surface area contributed by atoms with Gasteiger partial charge < -0.3 is 9.64 Å². The van der Waals surface area contributed by atoms with Crippen LogP contribution >= 0.6 is 11.6 Å². The topological polar surface area (TPSA) is 33.5 Å². The highest BCUT2D eigenvalue weighted by Crippen LogP contribution is 2.23. The summed E-state index contributed by atoms with van der Waals surface area (Å²) in [6.07, 6.45) is 3.86. The molecule has 4 rings (SSSR count). The molecule has 2 aromatic carbocycles. The molecule has 140 valence electrons. The average molecular weight is 383 g/mol. The zero-order chi connectivity index (χ0) is 18.6. The monoisotopic (exact) mass is 382 g/mol. The normalized spacial score (nSPS) is 15.1. The lowest BCUT2D eigenvalue weighted by Gasteiger charge is -2.35. The van der Waals surface area contributed by atoms with Crippen molar-refractivity contribution in [3.05, 3.63) is 71.5 Å². The lowest BCUT2D eigenvalue weighted by molar-refractivity contribution is 0.248. The van der Waals surface area contributed by atoms with E-state index in [0.29, 0.717) is 0 Å². The molecule has 0 aliphatic carbocycles. The molecule has 0 spiro atoms. The predicted molar refractivity (Wildman–Crippen MR) is 109 cm³/mol. The number of hydrogen-bond donors (Lipinski definition) is 0. The Balaban J connectivity index is 1.43. The summed E-state index contributed by atoms with van der Waals surface area (Å²) in [5.74, 6) is 1.83.